The monoisotopic (exact) mass is 257 g/mol. The van der Waals surface area contributed by atoms with Gasteiger partial charge in [0.2, 0.25) is 10.0 Å². The second-order valence-corrected chi connectivity index (χ2v) is 5.37. The predicted molar refractivity (Wildman–Crippen MR) is 65.6 cm³/mol. The summed E-state index contributed by atoms with van der Waals surface area (Å²) in [4.78, 5) is 11.2. The first-order valence-electron chi connectivity index (χ1n) is 5.06. The van der Waals surface area contributed by atoms with Crippen molar-refractivity contribution in [2.45, 2.75) is 6.92 Å². The van der Waals surface area contributed by atoms with Crippen molar-refractivity contribution in [3.05, 3.63) is 29.8 Å². The maximum absolute atomic E-state index is 11.5. The standard InChI is InChI=1S/C11H15NO4S/c1-4-12(17(3,14)15)10-7-5-9(6-8-10)11(13)16-2/h5-8H,4H2,1-3H3. The van der Waals surface area contributed by atoms with Crippen molar-refractivity contribution >= 4 is 21.7 Å². The van der Waals surface area contributed by atoms with Crippen molar-refractivity contribution in [2.75, 3.05) is 24.2 Å². The summed E-state index contributed by atoms with van der Waals surface area (Å²) in [6.07, 6.45) is 1.14. The Morgan fingerprint density at radius 1 is 1.29 bits per heavy atom. The van der Waals surface area contributed by atoms with E-state index in [1.165, 1.54) is 23.5 Å². The lowest BCUT2D eigenvalue weighted by molar-refractivity contribution is 0.0601. The van der Waals surface area contributed by atoms with Gasteiger partial charge >= 0.3 is 5.97 Å². The minimum absolute atomic E-state index is 0.344. The molecule has 0 fully saturated rings. The Balaban J connectivity index is 3.05. The first-order chi connectivity index (χ1) is 7.90. The third kappa shape index (κ3) is 3.20. The number of ether oxygens (including phenoxy) is 1. The Bertz CT molecular complexity index is 493. The fourth-order valence-corrected chi connectivity index (χ4v) is 2.46. The number of hydrogen-bond donors (Lipinski definition) is 0. The zero-order valence-electron chi connectivity index (χ0n) is 10.0. The third-order valence-corrected chi connectivity index (χ3v) is 3.53. The average molecular weight is 257 g/mol. The molecule has 0 heterocycles. The highest BCUT2D eigenvalue weighted by atomic mass is 32.2. The molecule has 0 spiro atoms. The lowest BCUT2D eigenvalue weighted by Gasteiger charge is -2.20. The van der Waals surface area contributed by atoms with Crippen LogP contribution in [0.4, 0.5) is 5.69 Å². The van der Waals surface area contributed by atoms with Gasteiger partial charge in [-0.2, -0.15) is 0 Å². The minimum atomic E-state index is -3.29. The van der Waals surface area contributed by atoms with E-state index in [0.29, 0.717) is 17.8 Å². The van der Waals surface area contributed by atoms with Crippen LogP contribution in [-0.4, -0.2) is 34.3 Å². The van der Waals surface area contributed by atoms with Crippen LogP contribution in [0.15, 0.2) is 24.3 Å². The van der Waals surface area contributed by atoms with Crippen LogP contribution < -0.4 is 4.31 Å². The van der Waals surface area contributed by atoms with Crippen molar-refractivity contribution in [1.29, 1.82) is 0 Å². The highest BCUT2D eigenvalue weighted by Crippen LogP contribution is 2.18. The van der Waals surface area contributed by atoms with Crippen molar-refractivity contribution < 1.29 is 17.9 Å². The van der Waals surface area contributed by atoms with Crippen LogP contribution in [0.1, 0.15) is 17.3 Å². The van der Waals surface area contributed by atoms with Gasteiger partial charge in [0.25, 0.3) is 0 Å². The van der Waals surface area contributed by atoms with Crippen molar-refractivity contribution in [1.82, 2.24) is 0 Å². The maximum Gasteiger partial charge on any atom is 0.337 e. The number of carbonyl (C=O) groups excluding carboxylic acids is 1. The SMILES string of the molecule is CCN(c1ccc(C(=O)OC)cc1)S(C)(=O)=O. The molecular weight excluding hydrogens is 242 g/mol. The Kier molecular flexibility index (Phi) is 4.11. The molecule has 0 saturated carbocycles. The first kappa shape index (κ1) is 13.5. The molecule has 0 aliphatic rings. The van der Waals surface area contributed by atoms with Crippen LogP contribution in [-0.2, 0) is 14.8 Å². The molecule has 5 nitrogen and oxygen atoms in total. The lowest BCUT2D eigenvalue weighted by Crippen LogP contribution is -2.29. The number of carbonyl (C=O) groups is 1. The van der Waals surface area contributed by atoms with E-state index in [0.717, 1.165) is 6.26 Å². The molecule has 0 atom stereocenters. The van der Waals surface area contributed by atoms with Crippen molar-refractivity contribution in [3.8, 4) is 0 Å². The maximum atomic E-state index is 11.5. The van der Waals surface area contributed by atoms with E-state index >= 15 is 0 Å². The Hall–Kier alpha value is -1.56. The summed E-state index contributed by atoms with van der Waals surface area (Å²) in [5, 5.41) is 0. The van der Waals surface area contributed by atoms with Crippen LogP contribution in [0.2, 0.25) is 0 Å². The van der Waals surface area contributed by atoms with Gasteiger partial charge in [0.1, 0.15) is 0 Å². The zero-order valence-corrected chi connectivity index (χ0v) is 10.8. The number of methoxy groups -OCH3 is 1. The number of benzene rings is 1. The van der Waals surface area contributed by atoms with E-state index in [4.69, 9.17) is 0 Å². The van der Waals surface area contributed by atoms with Gasteiger partial charge in [0.05, 0.1) is 24.6 Å². The van der Waals surface area contributed by atoms with E-state index in [9.17, 15) is 13.2 Å². The average Bonchev–Trinajstić information content (AvgIpc) is 2.28. The molecule has 0 aliphatic heterocycles. The normalized spacial score (nSPS) is 11.0. The molecule has 0 aliphatic carbocycles. The fraction of sp³-hybridized carbons (Fsp3) is 0.364. The minimum Gasteiger partial charge on any atom is -0.465 e. The second-order valence-electron chi connectivity index (χ2n) is 3.47. The fourth-order valence-electron chi connectivity index (χ4n) is 1.49. The molecule has 0 bridgehead atoms. The van der Waals surface area contributed by atoms with Gasteiger partial charge in [-0.3, -0.25) is 4.31 Å². The number of sulfonamides is 1. The second kappa shape index (κ2) is 5.18. The summed E-state index contributed by atoms with van der Waals surface area (Å²) in [6.45, 7) is 2.09. The summed E-state index contributed by atoms with van der Waals surface area (Å²) in [5.74, 6) is -0.445. The smallest absolute Gasteiger partial charge is 0.337 e. The number of nitrogens with zero attached hydrogens (tertiary/aromatic N) is 1. The molecule has 0 saturated heterocycles. The van der Waals surface area contributed by atoms with E-state index in [2.05, 4.69) is 4.74 Å². The largest absolute Gasteiger partial charge is 0.465 e. The quantitative estimate of drug-likeness (QED) is 0.762. The van der Waals surface area contributed by atoms with Gasteiger partial charge in [-0.25, -0.2) is 13.2 Å². The van der Waals surface area contributed by atoms with Crippen LogP contribution in [0.25, 0.3) is 0 Å². The number of anilines is 1. The summed E-state index contributed by atoms with van der Waals surface area (Å²) in [5.41, 5.74) is 0.920. The Morgan fingerprint density at radius 3 is 2.18 bits per heavy atom. The molecule has 0 unspecified atom stereocenters. The van der Waals surface area contributed by atoms with Crippen LogP contribution in [0, 0.1) is 0 Å². The molecule has 0 aromatic heterocycles. The van der Waals surface area contributed by atoms with E-state index in [1.807, 2.05) is 0 Å². The van der Waals surface area contributed by atoms with Gasteiger partial charge in [-0.15, -0.1) is 0 Å². The van der Waals surface area contributed by atoms with E-state index in [1.54, 1.807) is 19.1 Å². The van der Waals surface area contributed by atoms with Gasteiger partial charge in [0.15, 0.2) is 0 Å². The van der Waals surface area contributed by atoms with Crippen LogP contribution in [0.5, 0.6) is 0 Å². The molecule has 0 amide bonds. The number of rotatable bonds is 4. The Morgan fingerprint density at radius 2 is 1.82 bits per heavy atom. The van der Waals surface area contributed by atoms with Crippen molar-refractivity contribution in [3.63, 3.8) is 0 Å². The van der Waals surface area contributed by atoms with Gasteiger partial charge in [-0.1, -0.05) is 0 Å². The molecular formula is C11H15NO4S. The molecule has 1 aromatic rings. The topological polar surface area (TPSA) is 63.7 Å². The summed E-state index contributed by atoms with van der Waals surface area (Å²) >= 11 is 0. The van der Waals surface area contributed by atoms with Gasteiger partial charge < -0.3 is 4.74 Å². The molecule has 94 valence electrons. The van der Waals surface area contributed by atoms with Crippen LogP contribution in [0.3, 0.4) is 0 Å². The third-order valence-electron chi connectivity index (χ3n) is 2.26. The van der Waals surface area contributed by atoms with Crippen LogP contribution >= 0.6 is 0 Å². The molecule has 6 heteroatoms. The van der Waals surface area contributed by atoms with Gasteiger partial charge in [-0.05, 0) is 31.2 Å². The van der Waals surface area contributed by atoms with Gasteiger partial charge in [0, 0.05) is 6.54 Å². The highest BCUT2D eigenvalue weighted by Gasteiger charge is 2.15. The van der Waals surface area contributed by atoms with Crippen molar-refractivity contribution in [2.24, 2.45) is 0 Å². The zero-order chi connectivity index (χ0) is 13.1. The van der Waals surface area contributed by atoms with E-state index < -0.39 is 16.0 Å². The first-order valence-corrected chi connectivity index (χ1v) is 6.91. The molecule has 0 radical (unpaired) electrons. The number of hydrogen-bond acceptors (Lipinski definition) is 4. The summed E-state index contributed by atoms with van der Waals surface area (Å²) < 4.78 is 28.8. The molecule has 1 aromatic carbocycles. The summed E-state index contributed by atoms with van der Waals surface area (Å²) in [7, 11) is -1.99. The number of esters is 1. The lowest BCUT2D eigenvalue weighted by atomic mass is 10.2. The molecule has 1 rings (SSSR count). The molecule has 17 heavy (non-hydrogen) atoms. The highest BCUT2D eigenvalue weighted by molar-refractivity contribution is 7.92. The summed E-state index contributed by atoms with van der Waals surface area (Å²) in [6, 6.07) is 6.23. The predicted octanol–water partition coefficient (Wildman–Crippen LogP) is 1.26. The molecule has 0 N–H and O–H groups in total. The Labute approximate surface area is 101 Å². The van der Waals surface area contributed by atoms with E-state index in [-0.39, 0.29) is 0 Å².